The number of hydrogen-bond donors (Lipinski definition) is 1. The second-order valence-corrected chi connectivity index (χ2v) is 4.56. The van der Waals surface area contributed by atoms with Crippen molar-refractivity contribution in [2.24, 2.45) is 0 Å². The molecular formula is C15H25NO. The molecule has 1 aromatic rings. The molecular weight excluding hydrogens is 210 g/mol. The molecule has 0 bridgehead atoms. The number of rotatable bonds is 8. The zero-order valence-electron chi connectivity index (χ0n) is 11.3. The van der Waals surface area contributed by atoms with Crippen LogP contribution < -0.4 is 5.32 Å². The molecule has 0 saturated heterocycles. The number of hydrogen-bond acceptors (Lipinski definition) is 2. The highest BCUT2D eigenvalue weighted by molar-refractivity contribution is 5.14. The first-order valence-corrected chi connectivity index (χ1v) is 6.56. The van der Waals surface area contributed by atoms with Gasteiger partial charge in [-0.2, -0.15) is 0 Å². The van der Waals surface area contributed by atoms with Crippen molar-refractivity contribution in [3.63, 3.8) is 0 Å². The van der Waals surface area contributed by atoms with Crippen molar-refractivity contribution >= 4 is 0 Å². The molecule has 0 radical (unpaired) electrons. The maximum Gasteiger partial charge on any atom is 0.0558 e. The Kier molecular flexibility index (Phi) is 6.90. The third-order valence-electron chi connectivity index (χ3n) is 3.14. The highest BCUT2D eigenvalue weighted by Gasteiger charge is 2.11. The molecule has 2 unspecified atom stereocenters. The van der Waals surface area contributed by atoms with Crippen LogP contribution in [0, 0.1) is 0 Å². The summed E-state index contributed by atoms with van der Waals surface area (Å²) in [7, 11) is 1.78. The fourth-order valence-electron chi connectivity index (χ4n) is 2.07. The zero-order valence-corrected chi connectivity index (χ0v) is 11.3. The number of methoxy groups -OCH3 is 1. The molecule has 1 rings (SSSR count). The lowest BCUT2D eigenvalue weighted by Gasteiger charge is -2.21. The van der Waals surface area contributed by atoms with Crippen LogP contribution in [0.2, 0.25) is 0 Å². The van der Waals surface area contributed by atoms with Gasteiger partial charge in [-0.15, -0.1) is 0 Å². The van der Waals surface area contributed by atoms with E-state index in [-0.39, 0.29) is 0 Å². The second-order valence-electron chi connectivity index (χ2n) is 4.56. The third kappa shape index (κ3) is 5.85. The summed E-state index contributed by atoms with van der Waals surface area (Å²) in [6.45, 7) is 5.32. The molecule has 2 heteroatoms. The Morgan fingerprint density at radius 2 is 1.94 bits per heavy atom. The largest absolute Gasteiger partial charge is 0.382 e. The molecule has 17 heavy (non-hydrogen) atoms. The highest BCUT2D eigenvalue weighted by Crippen LogP contribution is 2.10. The van der Waals surface area contributed by atoms with Crippen LogP contribution in [0.3, 0.4) is 0 Å². The summed E-state index contributed by atoms with van der Waals surface area (Å²) < 4.78 is 5.34. The van der Waals surface area contributed by atoms with E-state index in [1.165, 1.54) is 12.0 Å². The number of ether oxygens (including phenoxy) is 1. The van der Waals surface area contributed by atoms with E-state index >= 15 is 0 Å². The van der Waals surface area contributed by atoms with Crippen LogP contribution in [0.1, 0.15) is 32.3 Å². The molecule has 0 aromatic heterocycles. The molecule has 0 fully saturated rings. The lowest BCUT2D eigenvalue weighted by Crippen LogP contribution is -2.32. The molecule has 1 N–H and O–H groups in total. The van der Waals surface area contributed by atoms with Crippen molar-refractivity contribution in [2.45, 2.75) is 45.3 Å². The third-order valence-corrected chi connectivity index (χ3v) is 3.14. The minimum absolute atomic E-state index is 0.329. The topological polar surface area (TPSA) is 21.3 Å². The molecule has 0 saturated carbocycles. The first kappa shape index (κ1) is 14.2. The number of nitrogens with one attached hydrogen (secondary N) is 1. The monoisotopic (exact) mass is 235 g/mol. The van der Waals surface area contributed by atoms with Gasteiger partial charge >= 0.3 is 0 Å². The van der Waals surface area contributed by atoms with E-state index in [1.807, 2.05) is 0 Å². The average Bonchev–Trinajstić information content (AvgIpc) is 2.37. The Balaban J connectivity index is 2.38. The van der Waals surface area contributed by atoms with Gasteiger partial charge in [0.15, 0.2) is 0 Å². The zero-order chi connectivity index (χ0) is 12.5. The van der Waals surface area contributed by atoms with Crippen molar-refractivity contribution < 1.29 is 4.74 Å². The van der Waals surface area contributed by atoms with E-state index in [0.717, 1.165) is 19.4 Å². The molecule has 1 aromatic carbocycles. The van der Waals surface area contributed by atoms with Crippen LogP contribution in [0.25, 0.3) is 0 Å². The maximum absolute atomic E-state index is 5.34. The number of aryl methyl sites for hydroxylation is 1. The molecule has 2 atom stereocenters. The predicted molar refractivity (Wildman–Crippen MR) is 73.3 cm³/mol. The Bertz CT molecular complexity index is 286. The molecule has 0 aliphatic carbocycles. The minimum atomic E-state index is 0.329. The fraction of sp³-hybridized carbons (Fsp3) is 0.600. The van der Waals surface area contributed by atoms with Crippen molar-refractivity contribution in [3.05, 3.63) is 35.9 Å². The molecule has 0 aliphatic rings. The first-order chi connectivity index (χ1) is 8.26. The summed E-state index contributed by atoms with van der Waals surface area (Å²) in [5.41, 5.74) is 1.42. The fourth-order valence-corrected chi connectivity index (χ4v) is 2.07. The van der Waals surface area contributed by atoms with Crippen molar-refractivity contribution in [3.8, 4) is 0 Å². The standard InChI is InChI=1S/C15H25NO/c1-4-16-15(12-13(2)17-3)11-10-14-8-6-5-7-9-14/h5-9,13,15-16H,4,10-12H2,1-3H3. The quantitative estimate of drug-likeness (QED) is 0.748. The van der Waals surface area contributed by atoms with Crippen molar-refractivity contribution in [1.29, 1.82) is 0 Å². The van der Waals surface area contributed by atoms with Gasteiger partial charge in [-0.05, 0) is 38.3 Å². The van der Waals surface area contributed by atoms with Crippen LogP contribution in [0.15, 0.2) is 30.3 Å². The van der Waals surface area contributed by atoms with Gasteiger partial charge in [0.25, 0.3) is 0 Å². The summed E-state index contributed by atoms with van der Waals surface area (Å²) >= 11 is 0. The van der Waals surface area contributed by atoms with Crippen molar-refractivity contribution in [2.75, 3.05) is 13.7 Å². The molecule has 0 spiro atoms. The predicted octanol–water partition coefficient (Wildman–Crippen LogP) is 3.02. The molecule has 2 nitrogen and oxygen atoms in total. The Hall–Kier alpha value is -0.860. The van der Waals surface area contributed by atoms with E-state index in [1.54, 1.807) is 7.11 Å². The van der Waals surface area contributed by atoms with Crippen LogP contribution in [0.4, 0.5) is 0 Å². The van der Waals surface area contributed by atoms with Gasteiger partial charge in [0.2, 0.25) is 0 Å². The van der Waals surface area contributed by atoms with E-state index in [4.69, 9.17) is 4.74 Å². The Morgan fingerprint density at radius 3 is 2.53 bits per heavy atom. The normalized spacial score (nSPS) is 14.5. The smallest absolute Gasteiger partial charge is 0.0558 e. The summed E-state index contributed by atoms with van der Waals surface area (Å²) in [6, 6.07) is 11.2. The summed E-state index contributed by atoms with van der Waals surface area (Å²) in [5.74, 6) is 0. The summed E-state index contributed by atoms with van der Waals surface area (Å²) in [4.78, 5) is 0. The SMILES string of the molecule is CCNC(CCc1ccccc1)CC(C)OC. The van der Waals surface area contributed by atoms with Gasteiger partial charge < -0.3 is 10.1 Å². The van der Waals surface area contributed by atoms with Crippen molar-refractivity contribution in [1.82, 2.24) is 5.32 Å². The summed E-state index contributed by atoms with van der Waals surface area (Å²) in [5, 5.41) is 3.54. The lowest BCUT2D eigenvalue weighted by atomic mass is 10.0. The molecule has 0 aliphatic heterocycles. The van der Waals surface area contributed by atoms with Crippen LogP contribution in [-0.4, -0.2) is 25.8 Å². The lowest BCUT2D eigenvalue weighted by molar-refractivity contribution is 0.0995. The van der Waals surface area contributed by atoms with E-state index in [2.05, 4.69) is 49.5 Å². The minimum Gasteiger partial charge on any atom is -0.382 e. The van der Waals surface area contributed by atoms with Crippen LogP contribution in [0.5, 0.6) is 0 Å². The molecule has 0 amide bonds. The first-order valence-electron chi connectivity index (χ1n) is 6.56. The van der Waals surface area contributed by atoms with Crippen LogP contribution in [-0.2, 0) is 11.2 Å². The van der Waals surface area contributed by atoms with Gasteiger partial charge in [0.05, 0.1) is 6.10 Å². The average molecular weight is 235 g/mol. The molecule has 0 heterocycles. The second kappa shape index (κ2) is 8.26. The van der Waals surface area contributed by atoms with Crippen LogP contribution >= 0.6 is 0 Å². The highest BCUT2D eigenvalue weighted by atomic mass is 16.5. The van der Waals surface area contributed by atoms with E-state index < -0.39 is 0 Å². The number of benzene rings is 1. The Morgan fingerprint density at radius 1 is 1.24 bits per heavy atom. The van der Waals surface area contributed by atoms with Gasteiger partial charge in [0.1, 0.15) is 0 Å². The van der Waals surface area contributed by atoms with E-state index in [0.29, 0.717) is 12.1 Å². The Labute approximate surface area is 105 Å². The van der Waals surface area contributed by atoms with E-state index in [9.17, 15) is 0 Å². The van der Waals surface area contributed by atoms with Gasteiger partial charge in [-0.3, -0.25) is 0 Å². The van der Waals surface area contributed by atoms with Gasteiger partial charge in [-0.25, -0.2) is 0 Å². The molecule has 96 valence electrons. The summed E-state index contributed by atoms with van der Waals surface area (Å²) in [6.07, 6.45) is 3.72. The maximum atomic E-state index is 5.34. The van der Waals surface area contributed by atoms with Gasteiger partial charge in [-0.1, -0.05) is 37.3 Å². The van der Waals surface area contributed by atoms with Gasteiger partial charge in [0, 0.05) is 13.2 Å².